The lowest BCUT2D eigenvalue weighted by atomic mass is 9.95. The first-order valence-corrected chi connectivity index (χ1v) is 15.8. The smallest absolute Gasteiger partial charge is 0.326 e. The highest BCUT2D eigenvalue weighted by molar-refractivity contribution is 6.37. The summed E-state index contributed by atoms with van der Waals surface area (Å²) in [4.78, 5) is 65.4. The first-order chi connectivity index (χ1) is 23.1. The van der Waals surface area contributed by atoms with Crippen molar-refractivity contribution >= 4 is 75.2 Å². The highest BCUT2D eigenvalue weighted by Crippen LogP contribution is 2.42. The fourth-order valence-corrected chi connectivity index (χ4v) is 6.79. The second-order valence-corrected chi connectivity index (χ2v) is 12.8. The molecule has 3 amide bonds. The van der Waals surface area contributed by atoms with Crippen LogP contribution < -0.4 is 32.8 Å². The van der Waals surface area contributed by atoms with Crippen molar-refractivity contribution in [3.8, 4) is 22.3 Å². The maximum atomic E-state index is 14.6. The van der Waals surface area contributed by atoms with Crippen molar-refractivity contribution in [1.82, 2.24) is 28.7 Å². The zero-order chi connectivity index (χ0) is 35.7. The number of hydrogen-bond acceptors (Lipinski definition) is 9. The second kappa shape index (κ2) is 12.5. The predicted octanol–water partition coefficient (Wildman–Crippen LogP) is 4.80. The standard InChI is InChI=1S/C31H25Cl4FN9O4/c1-42-29(47)25-23(17-9-14(36)5-7-19(17)33)18(11-37)21(12-38)39-26(25)44(30(42)48)41-45(3)27-24(28(46)43(2)31(45)49)16(10-22(35)40-27)15-6-4-13(32)8-20(15)34/h4-10,41H,11-12,37-38H2,1-3H3/q+1. The summed E-state index contributed by atoms with van der Waals surface area (Å²) in [6, 6.07) is 8.70. The van der Waals surface area contributed by atoms with E-state index in [0.29, 0.717) is 10.6 Å². The van der Waals surface area contributed by atoms with Crippen molar-refractivity contribution in [2.75, 3.05) is 19.6 Å². The van der Waals surface area contributed by atoms with Crippen LogP contribution in [0.4, 0.5) is 15.0 Å². The molecule has 49 heavy (non-hydrogen) atoms. The van der Waals surface area contributed by atoms with Crippen LogP contribution in [0.25, 0.3) is 33.3 Å². The van der Waals surface area contributed by atoms with Gasteiger partial charge in [-0.25, -0.2) is 23.9 Å². The van der Waals surface area contributed by atoms with Gasteiger partial charge in [-0.2, -0.15) is 4.98 Å². The number of halogens is 5. The molecule has 0 saturated carbocycles. The summed E-state index contributed by atoms with van der Waals surface area (Å²) in [6.07, 6.45) is 0. The van der Waals surface area contributed by atoms with Crippen LogP contribution in [0.1, 0.15) is 21.6 Å². The minimum Gasteiger partial charge on any atom is -0.326 e. The van der Waals surface area contributed by atoms with Crippen LogP contribution in [0, 0.1) is 5.82 Å². The largest absolute Gasteiger partial charge is 0.458 e. The van der Waals surface area contributed by atoms with E-state index in [1.807, 2.05) is 0 Å². The number of hydrogen-bond donors (Lipinski definition) is 3. The molecule has 3 aromatic heterocycles. The van der Waals surface area contributed by atoms with Crippen molar-refractivity contribution in [2.45, 2.75) is 13.1 Å². The van der Waals surface area contributed by atoms with E-state index in [1.54, 1.807) is 12.1 Å². The Kier molecular flexibility index (Phi) is 8.78. The molecular formula is C31H25Cl4FN9O4+. The van der Waals surface area contributed by atoms with Gasteiger partial charge in [0.2, 0.25) is 0 Å². The molecule has 0 radical (unpaired) electrons. The summed E-state index contributed by atoms with van der Waals surface area (Å²) in [7, 11) is 3.78. The van der Waals surface area contributed by atoms with Crippen LogP contribution in [0.5, 0.6) is 0 Å². The molecule has 0 spiro atoms. The van der Waals surface area contributed by atoms with Crippen molar-refractivity contribution in [3.63, 3.8) is 0 Å². The molecule has 1 atom stereocenters. The third-order valence-corrected chi connectivity index (χ3v) is 9.34. The van der Waals surface area contributed by atoms with Gasteiger partial charge in [-0.3, -0.25) is 14.2 Å². The van der Waals surface area contributed by atoms with Crippen LogP contribution in [0.15, 0.2) is 52.1 Å². The molecule has 0 aliphatic carbocycles. The molecule has 0 saturated heterocycles. The number of urea groups is 1. The van der Waals surface area contributed by atoms with E-state index in [4.69, 9.17) is 57.9 Å². The van der Waals surface area contributed by atoms with Gasteiger partial charge in [0.25, 0.3) is 17.3 Å². The lowest BCUT2D eigenvalue weighted by Crippen LogP contribution is -2.68. The SMILES string of the molecule is CN1C(=O)c2c(-c3ccc(Cl)cc3Cl)cc(Cl)nc2[N+](C)(Nn2c(=O)n(C)c(=O)c3c(-c4cc(F)ccc4Cl)c(CN)c(CN)nc32)C1=O. The number of nitrogens with two attached hydrogens (primary N) is 2. The van der Waals surface area contributed by atoms with E-state index in [2.05, 4.69) is 15.5 Å². The van der Waals surface area contributed by atoms with E-state index in [1.165, 1.54) is 39.3 Å². The number of nitrogens with one attached hydrogen (secondary N) is 1. The molecule has 5 aromatic rings. The fourth-order valence-electron chi connectivity index (χ4n) is 5.87. The van der Waals surface area contributed by atoms with Crippen LogP contribution in [0.3, 0.4) is 0 Å². The zero-order valence-electron chi connectivity index (χ0n) is 25.8. The number of fused-ring (bicyclic) bond motifs is 2. The molecule has 252 valence electrons. The third kappa shape index (κ3) is 5.36. The van der Waals surface area contributed by atoms with Crippen LogP contribution in [-0.2, 0) is 20.1 Å². The Bertz CT molecular complexity index is 2400. The number of quaternary nitrogens is 1. The quantitative estimate of drug-likeness (QED) is 0.163. The van der Waals surface area contributed by atoms with Crippen LogP contribution in [0.2, 0.25) is 20.2 Å². The molecule has 0 fully saturated rings. The Morgan fingerprint density at radius 2 is 1.57 bits per heavy atom. The van der Waals surface area contributed by atoms with Gasteiger partial charge in [-0.05, 0) is 42.0 Å². The van der Waals surface area contributed by atoms with Gasteiger partial charge in [0, 0.05) is 64.5 Å². The average Bonchev–Trinajstić information content (AvgIpc) is 3.07. The average molecular weight is 748 g/mol. The number of benzene rings is 2. The highest BCUT2D eigenvalue weighted by Gasteiger charge is 2.52. The van der Waals surface area contributed by atoms with Gasteiger partial charge in [0.1, 0.15) is 23.6 Å². The Labute approximate surface area is 296 Å². The number of amides is 3. The predicted molar refractivity (Wildman–Crippen MR) is 187 cm³/mol. The highest BCUT2D eigenvalue weighted by atomic mass is 35.5. The summed E-state index contributed by atoms with van der Waals surface area (Å²) in [6.45, 7) is -0.391. The lowest BCUT2D eigenvalue weighted by molar-refractivity contribution is 0.0780. The Hall–Kier alpha value is -4.41. The first kappa shape index (κ1) is 34.5. The molecular weight excluding hydrogens is 723 g/mol. The maximum absolute atomic E-state index is 14.6. The number of rotatable bonds is 6. The topological polar surface area (TPSA) is 171 Å². The molecule has 18 heteroatoms. The normalized spacial score (nSPS) is 16.0. The molecule has 1 aliphatic heterocycles. The van der Waals surface area contributed by atoms with Crippen molar-refractivity contribution in [2.24, 2.45) is 18.5 Å². The Balaban J connectivity index is 1.71. The second-order valence-electron chi connectivity index (χ2n) is 11.2. The van der Waals surface area contributed by atoms with E-state index in [-0.39, 0.29) is 78.7 Å². The maximum Gasteiger partial charge on any atom is 0.458 e. The zero-order valence-corrected chi connectivity index (χ0v) is 28.8. The van der Waals surface area contributed by atoms with Gasteiger partial charge in [-0.15, -0.1) is 10.2 Å². The fraction of sp³-hybridized carbons (Fsp3) is 0.161. The minimum atomic E-state index is -1.07. The molecule has 2 aromatic carbocycles. The summed E-state index contributed by atoms with van der Waals surface area (Å²) >= 11 is 25.7. The Morgan fingerprint density at radius 1 is 0.857 bits per heavy atom. The molecule has 6 rings (SSSR count). The van der Waals surface area contributed by atoms with Gasteiger partial charge in [-0.1, -0.05) is 57.1 Å². The van der Waals surface area contributed by atoms with E-state index in [0.717, 1.165) is 26.3 Å². The monoisotopic (exact) mass is 746 g/mol. The molecule has 4 heterocycles. The van der Waals surface area contributed by atoms with Gasteiger partial charge in [0.15, 0.2) is 5.65 Å². The van der Waals surface area contributed by atoms with Crippen LogP contribution in [-0.4, -0.2) is 50.1 Å². The lowest BCUT2D eigenvalue weighted by Gasteiger charge is -2.37. The van der Waals surface area contributed by atoms with E-state index < -0.39 is 33.6 Å². The van der Waals surface area contributed by atoms with Crippen LogP contribution >= 0.6 is 46.4 Å². The van der Waals surface area contributed by atoms with E-state index in [9.17, 15) is 23.6 Å². The summed E-state index contributed by atoms with van der Waals surface area (Å²) in [5, 5.41) is 0.294. The number of nitrogens with zero attached hydrogens (tertiary/aromatic N) is 6. The number of imide groups is 1. The van der Waals surface area contributed by atoms with Gasteiger partial charge in [0.05, 0.1) is 11.1 Å². The summed E-state index contributed by atoms with van der Waals surface area (Å²) in [5.41, 5.74) is 14.1. The van der Waals surface area contributed by atoms with Crippen molar-refractivity contribution in [1.29, 1.82) is 0 Å². The molecule has 0 bridgehead atoms. The first-order valence-electron chi connectivity index (χ1n) is 14.3. The molecule has 5 N–H and O–H groups in total. The molecule has 13 nitrogen and oxygen atoms in total. The number of aromatic nitrogens is 4. The number of carbonyl (C=O) groups is 2. The van der Waals surface area contributed by atoms with E-state index >= 15 is 0 Å². The van der Waals surface area contributed by atoms with Gasteiger partial charge < -0.3 is 11.5 Å². The minimum absolute atomic E-state index is 0.0684. The van der Waals surface area contributed by atoms with Crippen molar-refractivity contribution < 1.29 is 14.0 Å². The summed E-state index contributed by atoms with van der Waals surface area (Å²) in [5.74, 6) is -1.60. The molecule has 1 unspecified atom stereocenters. The van der Waals surface area contributed by atoms with Crippen molar-refractivity contribution in [3.05, 3.63) is 106 Å². The number of carbonyl (C=O) groups excluding carboxylic acids is 2. The number of pyridine rings is 2. The molecule has 1 aliphatic rings. The summed E-state index contributed by atoms with van der Waals surface area (Å²) < 4.78 is 15.2. The van der Waals surface area contributed by atoms with Gasteiger partial charge >= 0.3 is 11.7 Å². The Morgan fingerprint density at radius 3 is 2.22 bits per heavy atom. The third-order valence-electron chi connectivity index (χ3n) is 8.27.